The lowest BCUT2D eigenvalue weighted by Gasteiger charge is -2.31. The zero-order valence-corrected chi connectivity index (χ0v) is 17.2. The summed E-state index contributed by atoms with van der Waals surface area (Å²) in [5, 5.41) is 3.01. The van der Waals surface area contributed by atoms with Crippen LogP contribution in [0.5, 0.6) is 0 Å². The molecule has 5 nitrogen and oxygen atoms in total. The standard InChI is InChI=1S/C21H24F2N2O3S/c1-14-5-3-4-6-18(14)15(2)24-21(26)16-9-11-25(12-10-16)29(27,28)17-7-8-19(22)20(23)13-17/h3-8,13,15-16H,9-12H2,1-2H3,(H,24,26). The van der Waals surface area contributed by atoms with E-state index in [0.29, 0.717) is 18.9 Å². The molecule has 1 atom stereocenters. The van der Waals surface area contributed by atoms with Gasteiger partial charge in [-0.25, -0.2) is 17.2 Å². The maximum absolute atomic E-state index is 13.4. The molecule has 0 bridgehead atoms. The van der Waals surface area contributed by atoms with Crippen molar-refractivity contribution in [3.05, 3.63) is 65.2 Å². The molecule has 2 aromatic carbocycles. The molecular weight excluding hydrogens is 398 g/mol. The van der Waals surface area contributed by atoms with Gasteiger partial charge in [-0.2, -0.15) is 4.31 Å². The summed E-state index contributed by atoms with van der Waals surface area (Å²) in [5.74, 6) is -2.70. The van der Waals surface area contributed by atoms with E-state index in [-0.39, 0.29) is 35.9 Å². The normalized spacial score (nSPS) is 17.1. The number of sulfonamides is 1. The third-order valence-electron chi connectivity index (χ3n) is 5.37. The first kappa shape index (κ1) is 21.4. The molecule has 1 N–H and O–H groups in total. The van der Waals surface area contributed by atoms with E-state index >= 15 is 0 Å². The summed E-state index contributed by atoms with van der Waals surface area (Å²) in [4.78, 5) is 12.3. The second-order valence-corrected chi connectivity index (χ2v) is 9.28. The molecule has 1 unspecified atom stereocenters. The van der Waals surface area contributed by atoms with E-state index in [1.807, 2.05) is 38.1 Å². The molecule has 0 aromatic heterocycles. The topological polar surface area (TPSA) is 66.5 Å². The van der Waals surface area contributed by atoms with E-state index in [0.717, 1.165) is 23.3 Å². The highest BCUT2D eigenvalue weighted by Gasteiger charge is 2.33. The van der Waals surface area contributed by atoms with Crippen molar-refractivity contribution in [2.45, 2.75) is 37.6 Å². The Morgan fingerprint density at radius 2 is 1.76 bits per heavy atom. The van der Waals surface area contributed by atoms with E-state index in [1.54, 1.807) is 0 Å². The Morgan fingerprint density at radius 3 is 2.38 bits per heavy atom. The third-order valence-corrected chi connectivity index (χ3v) is 7.26. The van der Waals surface area contributed by atoms with E-state index in [2.05, 4.69) is 5.32 Å². The minimum atomic E-state index is -3.93. The van der Waals surface area contributed by atoms with Gasteiger partial charge in [0.15, 0.2) is 11.6 Å². The predicted octanol–water partition coefficient (Wildman–Crippen LogP) is 3.55. The number of carbonyl (C=O) groups excluding carboxylic acids is 1. The van der Waals surface area contributed by atoms with Crippen LogP contribution in [-0.2, 0) is 14.8 Å². The summed E-state index contributed by atoms with van der Waals surface area (Å²) in [6, 6.07) is 10.2. The number of hydrogen-bond donors (Lipinski definition) is 1. The Bertz CT molecular complexity index is 1000. The summed E-state index contributed by atoms with van der Waals surface area (Å²) >= 11 is 0. The molecule has 1 amide bonds. The summed E-state index contributed by atoms with van der Waals surface area (Å²) in [6.07, 6.45) is 0.741. The predicted molar refractivity (Wildman–Crippen MR) is 106 cm³/mol. The van der Waals surface area contributed by atoms with E-state index in [4.69, 9.17) is 0 Å². The first-order chi connectivity index (χ1) is 13.7. The van der Waals surface area contributed by atoms with Gasteiger partial charge in [-0.05, 0) is 56.0 Å². The number of halogens is 2. The molecule has 8 heteroatoms. The molecule has 1 saturated heterocycles. The van der Waals surface area contributed by atoms with Gasteiger partial charge in [0, 0.05) is 19.0 Å². The van der Waals surface area contributed by atoms with Crippen molar-refractivity contribution >= 4 is 15.9 Å². The fourth-order valence-corrected chi connectivity index (χ4v) is 5.11. The van der Waals surface area contributed by atoms with Crippen LogP contribution >= 0.6 is 0 Å². The molecular formula is C21H24F2N2O3S. The Labute approximate surface area is 169 Å². The molecule has 0 spiro atoms. The number of hydrogen-bond acceptors (Lipinski definition) is 3. The van der Waals surface area contributed by atoms with Crippen LogP contribution < -0.4 is 5.32 Å². The molecule has 1 aliphatic rings. The Kier molecular flexibility index (Phi) is 6.33. The summed E-state index contributed by atoms with van der Waals surface area (Å²) in [6.45, 7) is 4.21. The number of piperidine rings is 1. The van der Waals surface area contributed by atoms with Gasteiger partial charge in [-0.1, -0.05) is 24.3 Å². The van der Waals surface area contributed by atoms with Gasteiger partial charge < -0.3 is 5.32 Å². The minimum Gasteiger partial charge on any atom is -0.349 e. The average Bonchev–Trinajstić information content (AvgIpc) is 2.70. The van der Waals surface area contributed by atoms with Crippen molar-refractivity contribution in [3.8, 4) is 0 Å². The second kappa shape index (κ2) is 8.59. The second-order valence-electron chi connectivity index (χ2n) is 7.34. The minimum absolute atomic E-state index is 0.106. The fraction of sp³-hybridized carbons (Fsp3) is 0.381. The number of aryl methyl sites for hydroxylation is 1. The van der Waals surface area contributed by atoms with E-state index in [9.17, 15) is 22.0 Å². The van der Waals surface area contributed by atoms with Gasteiger partial charge in [-0.15, -0.1) is 0 Å². The van der Waals surface area contributed by atoms with Crippen molar-refractivity contribution in [2.24, 2.45) is 5.92 Å². The molecule has 0 aliphatic carbocycles. The van der Waals surface area contributed by atoms with Crippen molar-refractivity contribution in [1.29, 1.82) is 0 Å². The quantitative estimate of drug-likeness (QED) is 0.801. The van der Waals surface area contributed by atoms with Crippen LogP contribution in [-0.4, -0.2) is 31.7 Å². The van der Waals surface area contributed by atoms with Gasteiger partial charge in [0.2, 0.25) is 15.9 Å². The molecule has 1 heterocycles. The molecule has 0 saturated carbocycles. The highest BCUT2D eigenvalue weighted by Crippen LogP contribution is 2.26. The van der Waals surface area contributed by atoms with E-state index < -0.39 is 21.7 Å². The first-order valence-corrected chi connectivity index (χ1v) is 10.9. The molecule has 156 valence electrons. The largest absolute Gasteiger partial charge is 0.349 e. The average molecular weight is 422 g/mol. The Hall–Kier alpha value is -2.32. The van der Waals surface area contributed by atoms with Gasteiger partial charge in [-0.3, -0.25) is 4.79 Å². The number of nitrogens with zero attached hydrogens (tertiary/aromatic N) is 1. The lowest BCUT2D eigenvalue weighted by molar-refractivity contribution is -0.126. The number of benzene rings is 2. The van der Waals surface area contributed by atoms with Crippen molar-refractivity contribution in [2.75, 3.05) is 13.1 Å². The molecule has 0 radical (unpaired) electrons. The lowest BCUT2D eigenvalue weighted by Crippen LogP contribution is -2.43. The van der Waals surface area contributed by atoms with Crippen LogP contribution in [0.4, 0.5) is 8.78 Å². The fourth-order valence-electron chi connectivity index (χ4n) is 3.63. The molecule has 29 heavy (non-hydrogen) atoms. The highest BCUT2D eigenvalue weighted by atomic mass is 32.2. The Morgan fingerprint density at radius 1 is 1.10 bits per heavy atom. The first-order valence-electron chi connectivity index (χ1n) is 9.51. The summed E-state index contributed by atoms with van der Waals surface area (Å²) in [5.41, 5.74) is 2.13. The maximum Gasteiger partial charge on any atom is 0.243 e. The van der Waals surface area contributed by atoms with Crippen LogP contribution in [0.3, 0.4) is 0 Å². The maximum atomic E-state index is 13.4. The zero-order valence-electron chi connectivity index (χ0n) is 16.4. The number of nitrogens with one attached hydrogen (secondary N) is 1. The monoisotopic (exact) mass is 422 g/mol. The van der Waals surface area contributed by atoms with Crippen LogP contribution in [0.1, 0.15) is 36.9 Å². The van der Waals surface area contributed by atoms with Crippen molar-refractivity contribution in [1.82, 2.24) is 9.62 Å². The van der Waals surface area contributed by atoms with Gasteiger partial charge in [0.1, 0.15) is 0 Å². The van der Waals surface area contributed by atoms with Crippen LogP contribution in [0.25, 0.3) is 0 Å². The molecule has 2 aromatic rings. The van der Waals surface area contributed by atoms with Crippen LogP contribution in [0.2, 0.25) is 0 Å². The van der Waals surface area contributed by atoms with Gasteiger partial charge in [0.05, 0.1) is 10.9 Å². The number of carbonyl (C=O) groups is 1. The molecule has 1 aliphatic heterocycles. The Balaban J connectivity index is 1.61. The SMILES string of the molecule is Cc1ccccc1C(C)NC(=O)C1CCN(S(=O)(=O)c2ccc(F)c(F)c2)CC1. The van der Waals surface area contributed by atoms with Crippen molar-refractivity contribution in [3.63, 3.8) is 0 Å². The van der Waals surface area contributed by atoms with Gasteiger partial charge >= 0.3 is 0 Å². The molecule has 1 fully saturated rings. The highest BCUT2D eigenvalue weighted by molar-refractivity contribution is 7.89. The third kappa shape index (κ3) is 4.64. The van der Waals surface area contributed by atoms with Crippen LogP contribution in [0.15, 0.2) is 47.4 Å². The summed E-state index contributed by atoms with van der Waals surface area (Å²) in [7, 11) is -3.93. The molecule has 3 rings (SSSR count). The smallest absolute Gasteiger partial charge is 0.243 e. The van der Waals surface area contributed by atoms with E-state index in [1.165, 1.54) is 4.31 Å². The van der Waals surface area contributed by atoms with Gasteiger partial charge in [0.25, 0.3) is 0 Å². The van der Waals surface area contributed by atoms with Crippen LogP contribution in [0, 0.1) is 24.5 Å². The summed E-state index contributed by atoms with van der Waals surface area (Å²) < 4.78 is 53.1. The lowest BCUT2D eigenvalue weighted by atomic mass is 9.96. The number of amides is 1. The zero-order chi connectivity index (χ0) is 21.2. The number of rotatable bonds is 5. The van der Waals surface area contributed by atoms with Crippen molar-refractivity contribution < 1.29 is 22.0 Å².